The van der Waals surface area contributed by atoms with Crippen LogP contribution in [-0.2, 0) is 0 Å². The fraction of sp³-hybridized carbons (Fsp3) is 0.500. The minimum atomic E-state index is -0.573. The Balaban J connectivity index is 2.61. The second-order valence-electron chi connectivity index (χ2n) is 3.76. The van der Waals surface area contributed by atoms with E-state index in [1.54, 1.807) is 13.8 Å². The molecular weight excluding hydrogens is 200 g/mol. The highest BCUT2D eigenvalue weighted by Gasteiger charge is 2.13. The zero-order valence-corrected chi connectivity index (χ0v) is 8.51. The lowest BCUT2D eigenvalue weighted by molar-refractivity contribution is -0.385. The molecule has 15 heavy (non-hydrogen) atoms. The van der Waals surface area contributed by atoms with E-state index in [1.807, 2.05) is 0 Å². The molecule has 1 rings (SSSR count). The molecule has 82 valence electrons. The second-order valence-corrected chi connectivity index (χ2v) is 3.76. The van der Waals surface area contributed by atoms with Gasteiger partial charge in [-0.15, -0.1) is 0 Å². The highest BCUT2D eigenvalue weighted by molar-refractivity contribution is 5.21. The molecule has 1 aromatic heterocycles. The van der Waals surface area contributed by atoms with Gasteiger partial charge in [-0.25, -0.2) is 0 Å². The van der Waals surface area contributed by atoms with Crippen LogP contribution >= 0.6 is 0 Å². The number of nitrogens with zero attached hydrogens (tertiary/aromatic N) is 3. The topological polar surface area (TPSA) is 104 Å². The first kappa shape index (κ1) is 11.3. The average Bonchev–Trinajstić information content (AvgIpc) is 2.14. The molecule has 0 saturated carbocycles. The van der Waals surface area contributed by atoms with E-state index in [9.17, 15) is 10.1 Å². The molecule has 0 bridgehead atoms. The predicted molar refractivity (Wildman–Crippen MR) is 52.4 cm³/mol. The van der Waals surface area contributed by atoms with Crippen LogP contribution in [0.1, 0.15) is 13.8 Å². The van der Waals surface area contributed by atoms with Gasteiger partial charge in [0.05, 0.1) is 4.92 Å². The van der Waals surface area contributed by atoms with Crippen LogP contribution in [0.5, 0.6) is 6.01 Å². The molecule has 1 heterocycles. The number of aromatic nitrogens is 2. The van der Waals surface area contributed by atoms with Gasteiger partial charge in [-0.1, -0.05) is 0 Å². The first-order valence-corrected chi connectivity index (χ1v) is 4.26. The van der Waals surface area contributed by atoms with Crippen molar-refractivity contribution >= 4 is 5.69 Å². The van der Waals surface area contributed by atoms with Gasteiger partial charge in [0.15, 0.2) is 0 Å². The zero-order valence-electron chi connectivity index (χ0n) is 8.51. The summed E-state index contributed by atoms with van der Waals surface area (Å²) in [5.41, 5.74) is 5.01. The monoisotopic (exact) mass is 212 g/mol. The van der Waals surface area contributed by atoms with Gasteiger partial charge in [0.25, 0.3) is 0 Å². The molecule has 7 nitrogen and oxygen atoms in total. The Kier molecular flexibility index (Phi) is 3.15. The third-order valence-corrected chi connectivity index (χ3v) is 1.40. The van der Waals surface area contributed by atoms with E-state index >= 15 is 0 Å². The Bertz CT molecular complexity index is 344. The molecule has 0 unspecified atom stereocenters. The molecule has 1 aromatic rings. The summed E-state index contributed by atoms with van der Waals surface area (Å²) in [6.45, 7) is 3.82. The summed E-state index contributed by atoms with van der Waals surface area (Å²) in [7, 11) is 0. The summed E-state index contributed by atoms with van der Waals surface area (Å²) >= 11 is 0. The van der Waals surface area contributed by atoms with Gasteiger partial charge in [-0.3, -0.25) is 10.1 Å². The van der Waals surface area contributed by atoms with Crippen LogP contribution in [0.25, 0.3) is 0 Å². The fourth-order valence-corrected chi connectivity index (χ4v) is 0.729. The highest BCUT2D eigenvalue weighted by Crippen LogP contribution is 2.10. The zero-order chi connectivity index (χ0) is 11.5. The van der Waals surface area contributed by atoms with Crippen molar-refractivity contribution in [3.8, 4) is 6.01 Å². The van der Waals surface area contributed by atoms with Gasteiger partial charge in [-0.05, 0) is 13.8 Å². The summed E-state index contributed by atoms with van der Waals surface area (Å²) in [5.74, 6) is 0. The van der Waals surface area contributed by atoms with E-state index in [2.05, 4.69) is 9.97 Å². The Hall–Kier alpha value is -1.76. The highest BCUT2D eigenvalue weighted by atomic mass is 16.6. The Morgan fingerprint density at radius 2 is 2.07 bits per heavy atom. The normalized spacial score (nSPS) is 11.1. The second kappa shape index (κ2) is 4.18. The molecule has 0 aliphatic carbocycles. The number of nitrogens with two attached hydrogens (primary N) is 1. The Morgan fingerprint density at radius 3 is 2.47 bits per heavy atom. The van der Waals surface area contributed by atoms with Gasteiger partial charge in [0.1, 0.15) is 19.0 Å². The quantitative estimate of drug-likeness (QED) is 0.575. The molecule has 0 amide bonds. The van der Waals surface area contributed by atoms with Crippen LogP contribution in [0.4, 0.5) is 5.69 Å². The first-order chi connectivity index (χ1) is 6.88. The largest absolute Gasteiger partial charge is 0.462 e. The standard InChI is InChI=1S/C8H12N4O3/c1-8(2,9)5-15-7-10-3-6(4-11-7)12(13)14/h3-4H,5,9H2,1-2H3. The minimum Gasteiger partial charge on any atom is -0.462 e. The lowest BCUT2D eigenvalue weighted by atomic mass is 10.1. The van der Waals surface area contributed by atoms with Crippen molar-refractivity contribution in [3.05, 3.63) is 22.5 Å². The van der Waals surface area contributed by atoms with Crippen LogP contribution in [0.3, 0.4) is 0 Å². The number of rotatable bonds is 4. The molecule has 0 spiro atoms. The summed E-state index contributed by atoms with van der Waals surface area (Å²) < 4.78 is 5.14. The van der Waals surface area contributed by atoms with E-state index in [1.165, 1.54) is 0 Å². The maximum absolute atomic E-state index is 10.3. The molecule has 7 heteroatoms. The third kappa shape index (κ3) is 3.86. The molecule has 0 aliphatic heterocycles. The van der Waals surface area contributed by atoms with Crippen molar-refractivity contribution in [2.45, 2.75) is 19.4 Å². The van der Waals surface area contributed by atoms with E-state index in [0.29, 0.717) is 0 Å². The van der Waals surface area contributed by atoms with Crippen LogP contribution in [0.2, 0.25) is 0 Å². The predicted octanol–water partition coefficient (Wildman–Crippen LogP) is 0.501. The van der Waals surface area contributed by atoms with Crippen LogP contribution in [0, 0.1) is 10.1 Å². The van der Waals surface area contributed by atoms with Crippen LogP contribution < -0.4 is 10.5 Å². The van der Waals surface area contributed by atoms with E-state index < -0.39 is 10.5 Å². The van der Waals surface area contributed by atoms with Crippen molar-refractivity contribution < 1.29 is 9.66 Å². The summed E-state index contributed by atoms with van der Waals surface area (Å²) in [5, 5.41) is 10.3. The number of hydrogen-bond donors (Lipinski definition) is 1. The molecule has 0 fully saturated rings. The molecule has 0 saturated heterocycles. The number of nitro groups is 1. The Morgan fingerprint density at radius 1 is 1.53 bits per heavy atom. The third-order valence-electron chi connectivity index (χ3n) is 1.40. The lowest BCUT2D eigenvalue weighted by Gasteiger charge is -2.17. The van der Waals surface area contributed by atoms with Crippen molar-refractivity contribution in [3.63, 3.8) is 0 Å². The SMILES string of the molecule is CC(C)(N)COc1ncc([N+](=O)[O-])cn1. The van der Waals surface area contributed by atoms with Gasteiger partial charge in [-0.2, -0.15) is 9.97 Å². The van der Waals surface area contributed by atoms with Crippen molar-refractivity contribution in [1.29, 1.82) is 0 Å². The maximum atomic E-state index is 10.3. The van der Waals surface area contributed by atoms with Crippen LogP contribution in [0.15, 0.2) is 12.4 Å². The fourth-order valence-electron chi connectivity index (χ4n) is 0.729. The molecule has 2 N–H and O–H groups in total. The van der Waals surface area contributed by atoms with Crippen LogP contribution in [-0.4, -0.2) is 27.0 Å². The minimum absolute atomic E-state index is 0.0825. The van der Waals surface area contributed by atoms with E-state index in [-0.39, 0.29) is 18.3 Å². The van der Waals surface area contributed by atoms with Gasteiger partial charge < -0.3 is 10.5 Å². The van der Waals surface area contributed by atoms with Crippen molar-refractivity contribution in [2.24, 2.45) is 5.73 Å². The van der Waals surface area contributed by atoms with Gasteiger partial charge in [0, 0.05) is 5.54 Å². The number of hydrogen-bond acceptors (Lipinski definition) is 6. The lowest BCUT2D eigenvalue weighted by Crippen LogP contribution is -2.38. The van der Waals surface area contributed by atoms with E-state index in [0.717, 1.165) is 12.4 Å². The summed E-state index contributed by atoms with van der Waals surface area (Å²) in [4.78, 5) is 17.1. The molecule has 0 atom stereocenters. The van der Waals surface area contributed by atoms with Gasteiger partial charge >= 0.3 is 11.7 Å². The van der Waals surface area contributed by atoms with Gasteiger partial charge in [0.2, 0.25) is 0 Å². The summed E-state index contributed by atoms with van der Waals surface area (Å²) in [6.07, 6.45) is 2.18. The number of ether oxygens (including phenoxy) is 1. The summed E-state index contributed by atoms with van der Waals surface area (Å²) in [6, 6.07) is 0.0825. The maximum Gasteiger partial charge on any atom is 0.316 e. The first-order valence-electron chi connectivity index (χ1n) is 4.26. The van der Waals surface area contributed by atoms with Crippen molar-refractivity contribution in [1.82, 2.24) is 9.97 Å². The average molecular weight is 212 g/mol. The molecule has 0 radical (unpaired) electrons. The molecule has 0 aliphatic rings. The van der Waals surface area contributed by atoms with E-state index in [4.69, 9.17) is 10.5 Å². The van der Waals surface area contributed by atoms with Crippen molar-refractivity contribution in [2.75, 3.05) is 6.61 Å². The smallest absolute Gasteiger partial charge is 0.316 e. The molecular formula is C8H12N4O3. The Labute approximate surface area is 86.4 Å². The molecule has 0 aromatic carbocycles.